The number of likely N-dealkylation sites (N-methyl/N-ethyl adjacent to an activating group) is 1. The summed E-state index contributed by atoms with van der Waals surface area (Å²) in [6, 6.07) is 5.79. The highest BCUT2D eigenvalue weighted by Crippen LogP contribution is 2.15. The summed E-state index contributed by atoms with van der Waals surface area (Å²) in [5, 5.41) is 0. The van der Waals surface area contributed by atoms with Gasteiger partial charge in [0.1, 0.15) is 0 Å². The van der Waals surface area contributed by atoms with Gasteiger partial charge in [-0.1, -0.05) is 6.07 Å². The molecule has 16 heavy (non-hydrogen) atoms. The fraction of sp³-hybridized carbons (Fsp3) is 0.583. The van der Waals surface area contributed by atoms with Crippen molar-refractivity contribution in [3.8, 4) is 5.88 Å². The molecule has 0 saturated heterocycles. The van der Waals surface area contributed by atoms with Crippen LogP contribution >= 0.6 is 0 Å². The Morgan fingerprint density at radius 2 is 2.12 bits per heavy atom. The molecule has 0 amide bonds. The lowest BCUT2D eigenvalue weighted by Gasteiger charge is -2.34. The molecule has 1 rings (SSSR count). The average molecular weight is 223 g/mol. The highest BCUT2D eigenvalue weighted by Gasteiger charge is 2.21. The standard InChI is InChI=1S/C12H21N3O/c1-12(2,9-13)15(3)8-10-6-5-7-11(14-10)16-4/h5-7H,8-9,13H2,1-4H3. The lowest BCUT2D eigenvalue weighted by atomic mass is 10.0. The van der Waals surface area contributed by atoms with Gasteiger partial charge in [0.2, 0.25) is 5.88 Å². The Morgan fingerprint density at radius 3 is 2.69 bits per heavy atom. The van der Waals surface area contributed by atoms with Crippen molar-refractivity contribution >= 4 is 0 Å². The van der Waals surface area contributed by atoms with Crippen LogP contribution < -0.4 is 10.5 Å². The van der Waals surface area contributed by atoms with Gasteiger partial charge in [-0.2, -0.15) is 0 Å². The van der Waals surface area contributed by atoms with Crippen LogP contribution in [0.5, 0.6) is 5.88 Å². The zero-order chi connectivity index (χ0) is 12.2. The Kier molecular flexibility index (Phi) is 4.26. The van der Waals surface area contributed by atoms with E-state index in [1.54, 1.807) is 7.11 Å². The zero-order valence-electron chi connectivity index (χ0n) is 10.5. The van der Waals surface area contributed by atoms with Gasteiger partial charge >= 0.3 is 0 Å². The van der Waals surface area contributed by atoms with Crippen LogP contribution in [0.15, 0.2) is 18.2 Å². The smallest absolute Gasteiger partial charge is 0.213 e. The molecule has 0 aliphatic rings. The molecule has 0 saturated carbocycles. The van der Waals surface area contributed by atoms with Crippen molar-refractivity contribution in [2.45, 2.75) is 25.9 Å². The monoisotopic (exact) mass is 223 g/mol. The van der Waals surface area contributed by atoms with Crippen LogP contribution in [0.25, 0.3) is 0 Å². The van der Waals surface area contributed by atoms with E-state index in [0.29, 0.717) is 12.4 Å². The van der Waals surface area contributed by atoms with Crippen molar-refractivity contribution in [1.82, 2.24) is 9.88 Å². The van der Waals surface area contributed by atoms with Gasteiger partial charge in [0.05, 0.1) is 12.8 Å². The van der Waals surface area contributed by atoms with E-state index in [9.17, 15) is 0 Å². The van der Waals surface area contributed by atoms with Crippen LogP contribution in [-0.2, 0) is 6.54 Å². The summed E-state index contributed by atoms with van der Waals surface area (Å²) in [6.07, 6.45) is 0. The average Bonchev–Trinajstić information content (AvgIpc) is 2.29. The minimum Gasteiger partial charge on any atom is -0.481 e. The number of ether oxygens (including phenoxy) is 1. The molecular formula is C12H21N3O. The summed E-state index contributed by atoms with van der Waals surface area (Å²) >= 11 is 0. The third-order valence-electron chi connectivity index (χ3n) is 2.92. The van der Waals surface area contributed by atoms with E-state index in [-0.39, 0.29) is 5.54 Å². The molecule has 2 N–H and O–H groups in total. The molecule has 0 spiro atoms. The molecule has 0 aliphatic carbocycles. The second kappa shape index (κ2) is 5.27. The first-order chi connectivity index (χ1) is 7.49. The first-order valence-corrected chi connectivity index (χ1v) is 5.41. The van der Waals surface area contributed by atoms with E-state index in [1.165, 1.54) is 0 Å². The molecule has 4 heteroatoms. The second-order valence-electron chi connectivity index (χ2n) is 4.54. The van der Waals surface area contributed by atoms with Crippen LogP contribution in [0.2, 0.25) is 0 Å². The van der Waals surface area contributed by atoms with Gasteiger partial charge in [-0.3, -0.25) is 4.90 Å². The fourth-order valence-corrected chi connectivity index (χ4v) is 1.27. The van der Waals surface area contributed by atoms with Crippen LogP contribution in [-0.4, -0.2) is 36.1 Å². The summed E-state index contributed by atoms with van der Waals surface area (Å²) in [5.41, 5.74) is 6.70. The highest BCUT2D eigenvalue weighted by molar-refractivity contribution is 5.15. The first-order valence-electron chi connectivity index (χ1n) is 5.41. The van der Waals surface area contributed by atoms with Crippen molar-refractivity contribution in [2.24, 2.45) is 5.73 Å². The number of hydrogen-bond acceptors (Lipinski definition) is 4. The molecule has 0 unspecified atom stereocenters. The van der Waals surface area contributed by atoms with Gasteiger partial charge in [-0.25, -0.2) is 4.98 Å². The predicted molar refractivity (Wildman–Crippen MR) is 65.4 cm³/mol. The maximum atomic E-state index is 5.73. The van der Waals surface area contributed by atoms with Gasteiger partial charge in [0.25, 0.3) is 0 Å². The van der Waals surface area contributed by atoms with Crippen LogP contribution in [0.3, 0.4) is 0 Å². The van der Waals surface area contributed by atoms with Crippen molar-refractivity contribution in [3.05, 3.63) is 23.9 Å². The summed E-state index contributed by atoms with van der Waals surface area (Å²) in [6.45, 7) is 5.62. The fourth-order valence-electron chi connectivity index (χ4n) is 1.27. The molecule has 1 heterocycles. The van der Waals surface area contributed by atoms with E-state index >= 15 is 0 Å². The molecular weight excluding hydrogens is 202 g/mol. The van der Waals surface area contributed by atoms with E-state index in [2.05, 4.69) is 23.7 Å². The maximum Gasteiger partial charge on any atom is 0.213 e. The van der Waals surface area contributed by atoms with Crippen molar-refractivity contribution in [2.75, 3.05) is 20.7 Å². The minimum atomic E-state index is -0.0231. The van der Waals surface area contributed by atoms with Crippen molar-refractivity contribution < 1.29 is 4.74 Å². The van der Waals surface area contributed by atoms with E-state index in [1.807, 2.05) is 25.2 Å². The van der Waals surface area contributed by atoms with Crippen LogP contribution in [0.1, 0.15) is 19.5 Å². The molecule has 0 radical (unpaired) electrons. The van der Waals surface area contributed by atoms with Crippen LogP contribution in [0, 0.1) is 0 Å². The van der Waals surface area contributed by atoms with Crippen molar-refractivity contribution in [3.63, 3.8) is 0 Å². The number of pyridine rings is 1. The molecule has 1 aromatic heterocycles. The number of methoxy groups -OCH3 is 1. The third-order valence-corrected chi connectivity index (χ3v) is 2.92. The Bertz CT molecular complexity index is 339. The van der Waals surface area contributed by atoms with Crippen LogP contribution in [0.4, 0.5) is 0 Å². The van der Waals surface area contributed by atoms with Gasteiger partial charge in [0, 0.05) is 24.7 Å². The number of hydrogen-bond donors (Lipinski definition) is 1. The first kappa shape index (κ1) is 12.9. The molecule has 90 valence electrons. The summed E-state index contributed by atoms with van der Waals surface area (Å²) < 4.78 is 5.09. The number of rotatable bonds is 5. The topological polar surface area (TPSA) is 51.4 Å². The van der Waals surface area contributed by atoms with Crippen molar-refractivity contribution in [1.29, 1.82) is 0 Å². The minimum absolute atomic E-state index is 0.0231. The van der Waals surface area contributed by atoms with E-state index in [4.69, 9.17) is 10.5 Å². The molecule has 0 fully saturated rings. The summed E-state index contributed by atoms with van der Waals surface area (Å²) in [5.74, 6) is 0.649. The number of nitrogens with two attached hydrogens (primary N) is 1. The molecule has 0 bridgehead atoms. The molecule has 4 nitrogen and oxygen atoms in total. The van der Waals surface area contributed by atoms with Gasteiger partial charge in [-0.05, 0) is 27.0 Å². The van der Waals surface area contributed by atoms with Gasteiger partial charge in [-0.15, -0.1) is 0 Å². The zero-order valence-corrected chi connectivity index (χ0v) is 10.5. The number of aromatic nitrogens is 1. The summed E-state index contributed by atoms with van der Waals surface area (Å²) in [7, 11) is 3.67. The third kappa shape index (κ3) is 3.18. The molecule has 0 aromatic carbocycles. The predicted octanol–water partition coefficient (Wildman–Crippen LogP) is 1.26. The summed E-state index contributed by atoms with van der Waals surface area (Å²) in [4.78, 5) is 6.56. The molecule has 1 aromatic rings. The molecule has 0 aliphatic heterocycles. The Hall–Kier alpha value is -1.13. The number of nitrogens with zero attached hydrogens (tertiary/aromatic N) is 2. The lowest BCUT2D eigenvalue weighted by Crippen LogP contribution is -2.46. The van der Waals surface area contributed by atoms with Gasteiger partial charge < -0.3 is 10.5 Å². The Balaban J connectivity index is 2.72. The largest absolute Gasteiger partial charge is 0.481 e. The highest BCUT2D eigenvalue weighted by atomic mass is 16.5. The van der Waals surface area contributed by atoms with E-state index in [0.717, 1.165) is 12.2 Å². The van der Waals surface area contributed by atoms with Gasteiger partial charge in [0.15, 0.2) is 0 Å². The molecule has 0 atom stereocenters. The van der Waals surface area contributed by atoms with E-state index < -0.39 is 0 Å². The SMILES string of the molecule is COc1cccc(CN(C)C(C)(C)CN)n1. The second-order valence-corrected chi connectivity index (χ2v) is 4.54. The Labute approximate surface area is 97.4 Å². The lowest BCUT2D eigenvalue weighted by molar-refractivity contribution is 0.153. The quantitative estimate of drug-likeness (QED) is 0.816. The maximum absolute atomic E-state index is 5.73. The Morgan fingerprint density at radius 1 is 1.44 bits per heavy atom. The normalized spacial score (nSPS) is 11.9.